The first-order chi connectivity index (χ1) is 12.8. The zero-order valence-corrected chi connectivity index (χ0v) is 16.6. The van der Waals surface area contributed by atoms with Crippen molar-refractivity contribution in [3.05, 3.63) is 30.5 Å². The number of nitrogens with two attached hydrogens (primary N) is 1. The molecule has 27 heavy (non-hydrogen) atoms. The number of nitrogens with zero attached hydrogens (tertiary/aromatic N) is 3. The van der Waals surface area contributed by atoms with E-state index in [9.17, 15) is 8.42 Å². The third-order valence-electron chi connectivity index (χ3n) is 5.63. The van der Waals surface area contributed by atoms with E-state index in [0.29, 0.717) is 6.54 Å². The van der Waals surface area contributed by atoms with Gasteiger partial charge in [0.25, 0.3) is 10.2 Å². The Morgan fingerprint density at radius 1 is 1.33 bits per heavy atom. The summed E-state index contributed by atoms with van der Waals surface area (Å²) in [5, 5.41) is 6.46. The number of pyridine rings is 1. The van der Waals surface area contributed by atoms with Crippen LogP contribution in [0.15, 0.2) is 30.5 Å². The van der Waals surface area contributed by atoms with Gasteiger partial charge in [0.1, 0.15) is 11.3 Å². The van der Waals surface area contributed by atoms with Crippen molar-refractivity contribution in [1.82, 2.24) is 9.29 Å². The van der Waals surface area contributed by atoms with Gasteiger partial charge in [0.2, 0.25) is 0 Å². The Bertz CT molecular complexity index is 953. The first kappa shape index (κ1) is 18.5. The van der Waals surface area contributed by atoms with E-state index < -0.39 is 10.2 Å². The highest BCUT2D eigenvalue weighted by Gasteiger charge is 2.42. The summed E-state index contributed by atoms with van der Waals surface area (Å²) in [6, 6.07) is 8.09. The molecule has 0 spiro atoms. The molecule has 1 saturated carbocycles. The van der Waals surface area contributed by atoms with Gasteiger partial charge in [-0.05, 0) is 31.4 Å². The summed E-state index contributed by atoms with van der Waals surface area (Å²) in [6.45, 7) is 4.47. The highest BCUT2D eigenvalue weighted by atomic mass is 32.2. The van der Waals surface area contributed by atoms with E-state index in [1.807, 2.05) is 24.4 Å². The fraction of sp³-hybridized carbons (Fsp3) is 0.526. The number of aromatic nitrogens is 1. The smallest absolute Gasteiger partial charge is 0.277 e. The van der Waals surface area contributed by atoms with Crippen molar-refractivity contribution in [2.75, 3.05) is 31.6 Å². The van der Waals surface area contributed by atoms with Gasteiger partial charge < -0.3 is 9.64 Å². The van der Waals surface area contributed by atoms with Crippen LogP contribution in [0.3, 0.4) is 0 Å². The Labute approximate surface area is 160 Å². The molecule has 1 aromatic heterocycles. The lowest BCUT2D eigenvalue weighted by Crippen LogP contribution is -2.56. The summed E-state index contributed by atoms with van der Waals surface area (Å²) < 4.78 is 30.5. The van der Waals surface area contributed by atoms with Crippen molar-refractivity contribution in [1.29, 1.82) is 0 Å². The number of hydrogen-bond donors (Lipinski definition) is 1. The molecule has 8 heteroatoms. The average molecular weight is 391 g/mol. The Hall–Kier alpha value is -1.90. The molecule has 146 valence electrons. The summed E-state index contributed by atoms with van der Waals surface area (Å²) in [7, 11) is -1.96. The maximum Gasteiger partial charge on any atom is 0.277 e. The molecule has 0 amide bonds. The van der Waals surface area contributed by atoms with Gasteiger partial charge in [-0.25, -0.2) is 5.14 Å². The Balaban J connectivity index is 1.47. The molecule has 2 aromatic rings. The number of fused-ring (bicyclic) bond motifs is 1. The lowest BCUT2D eigenvalue weighted by Gasteiger charge is -2.50. The van der Waals surface area contributed by atoms with Crippen LogP contribution in [0.5, 0.6) is 5.75 Å². The molecule has 0 atom stereocenters. The van der Waals surface area contributed by atoms with E-state index >= 15 is 0 Å². The Morgan fingerprint density at radius 2 is 2.07 bits per heavy atom. The summed E-state index contributed by atoms with van der Waals surface area (Å²) in [5.41, 5.74) is 2.08. The minimum absolute atomic E-state index is 0.0757. The minimum Gasteiger partial charge on any atom is -0.494 e. The van der Waals surface area contributed by atoms with Crippen molar-refractivity contribution < 1.29 is 13.2 Å². The van der Waals surface area contributed by atoms with Crippen molar-refractivity contribution in [3.63, 3.8) is 0 Å². The number of anilines is 1. The van der Waals surface area contributed by atoms with E-state index in [-0.39, 0.29) is 11.5 Å². The van der Waals surface area contributed by atoms with Crippen LogP contribution in [0.2, 0.25) is 0 Å². The van der Waals surface area contributed by atoms with Crippen LogP contribution in [0, 0.1) is 5.41 Å². The van der Waals surface area contributed by atoms with Gasteiger partial charge >= 0.3 is 0 Å². The van der Waals surface area contributed by atoms with Gasteiger partial charge in [-0.2, -0.15) is 12.7 Å². The number of benzene rings is 1. The maximum absolute atomic E-state index is 11.8. The quantitative estimate of drug-likeness (QED) is 0.782. The van der Waals surface area contributed by atoms with Crippen LogP contribution in [0.4, 0.5) is 5.69 Å². The molecule has 0 bridgehead atoms. The molecule has 2 fully saturated rings. The van der Waals surface area contributed by atoms with Crippen molar-refractivity contribution >= 4 is 26.8 Å². The van der Waals surface area contributed by atoms with Crippen molar-refractivity contribution in [2.45, 2.75) is 32.2 Å². The van der Waals surface area contributed by atoms with Crippen LogP contribution < -0.4 is 14.8 Å². The van der Waals surface area contributed by atoms with Gasteiger partial charge in [-0.15, -0.1) is 0 Å². The summed E-state index contributed by atoms with van der Waals surface area (Å²) in [4.78, 5) is 6.79. The number of ether oxygens (including phenoxy) is 1. The second kappa shape index (κ2) is 6.61. The topological polar surface area (TPSA) is 88.8 Å². The van der Waals surface area contributed by atoms with Gasteiger partial charge in [0.05, 0.1) is 7.11 Å². The van der Waals surface area contributed by atoms with Crippen molar-refractivity contribution in [2.24, 2.45) is 10.6 Å². The van der Waals surface area contributed by atoms with E-state index in [2.05, 4.69) is 22.9 Å². The molecule has 7 nitrogen and oxygen atoms in total. The monoisotopic (exact) mass is 390 g/mol. The second-order valence-corrected chi connectivity index (χ2v) is 9.49. The van der Waals surface area contributed by atoms with Crippen LogP contribution >= 0.6 is 0 Å². The van der Waals surface area contributed by atoms with E-state index in [4.69, 9.17) is 9.88 Å². The molecular weight excluding hydrogens is 364 g/mol. The van der Waals surface area contributed by atoms with Crippen LogP contribution in [-0.2, 0) is 10.2 Å². The zero-order chi connectivity index (χ0) is 19.2. The molecule has 1 aliphatic heterocycles. The van der Waals surface area contributed by atoms with Gasteiger partial charge in [0.15, 0.2) is 0 Å². The molecule has 1 aliphatic carbocycles. The molecule has 1 saturated heterocycles. The number of rotatable bonds is 7. The molecule has 1 aromatic carbocycles. The number of para-hydroxylation sites is 1. The highest BCUT2D eigenvalue weighted by molar-refractivity contribution is 7.86. The fourth-order valence-electron chi connectivity index (χ4n) is 4.04. The third kappa shape index (κ3) is 3.61. The zero-order valence-electron chi connectivity index (χ0n) is 15.8. The van der Waals surface area contributed by atoms with Crippen molar-refractivity contribution in [3.8, 4) is 5.75 Å². The lowest BCUT2D eigenvalue weighted by atomic mass is 9.78. The highest BCUT2D eigenvalue weighted by Crippen LogP contribution is 2.41. The minimum atomic E-state index is -3.61. The largest absolute Gasteiger partial charge is 0.494 e. The standard InChI is InChI=1S/C19H26N4O3S/c1-19(9-11-23(14-6-7-14)27(20,24)25)12-22(13-19)16-8-10-21-18-15(16)4-3-5-17(18)26-2/h3-5,8,10,14H,6-7,9,11-13H2,1-2H3,(H2,20,24,25). The molecule has 0 unspecified atom stereocenters. The van der Waals surface area contributed by atoms with Gasteiger partial charge in [0, 0.05) is 48.4 Å². The molecule has 2 aliphatic rings. The molecule has 2 N–H and O–H groups in total. The summed E-state index contributed by atoms with van der Waals surface area (Å²) in [5.74, 6) is 0.769. The molecule has 4 rings (SSSR count). The van der Waals surface area contributed by atoms with Crippen LogP contribution in [0.25, 0.3) is 10.9 Å². The van der Waals surface area contributed by atoms with Crippen LogP contribution in [-0.4, -0.2) is 50.5 Å². The maximum atomic E-state index is 11.8. The third-order valence-corrected chi connectivity index (χ3v) is 6.77. The predicted molar refractivity (Wildman–Crippen MR) is 106 cm³/mol. The first-order valence-electron chi connectivity index (χ1n) is 9.27. The molecular formula is C19H26N4O3S. The van der Waals surface area contributed by atoms with Gasteiger partial charge in [-0.1, -0.05) is 19.1 Å². The normalized spacial score (nSPS) is 19.3. The predicted octanol–water partition coefficient (Wildman–Crippen LogP) is 2.13. The summed E-state index contributed by atoms with van der Waals surface area (Å²) in [6.07, 6.45) is 4.46. The Kier molecular flexibility index (Phi) is 4.52. The average Bonchev–Trinajstić information content (AvgIpc) is 3.42. The van der Waals surface area contributed by atoms with E-state index in [1.54, 1.807) is 7.11 Å². The molecule has 2 heterocycles. The summed E-state index contributed by atoms with van der Waals surface area (Å²) >= 11 is 0. The Morgan fingerprint density at radius 3 is 2.70 bits per heavy atom. The second-order valence-electron chi connectivity index (χ2n) is 7.99. The van der Waals surface area contributed by atoms with Gasteiger partial charge in [-0.3, -0.25) is 4.98 Å². The SMILES string of the molecule is COc1cccc2c(N3CC(C)(CCN(C4CC4)S(N)(=O)=O)C3)ccnc12. The molecule has 0 radical (unpaired) electrons. The first-order valence-corrected chi connectivity index (χ1v) is 10.8. The van der Waals surface area contributed by atoms with Crippen LogP contribution in [0.1, 0.15) is 26.2 Å². The van der Waals surface area contributed by atoms with E-state index in [0.717, 1.165) is 54.7 Å². The number of methoxy groups -OCH3 is 1. The number of hydrogen-bond acceptors (Lipinski definition) is 5. The van der Waals surface area contributed by atoms with E-state index in [1.165, 1.54) is 4.31 Å². The lowest BCUT2D eigenvalue weighted by molar-refractivity contribution is 0.202. The fourth-order valence-corrected chi connectivity index (χ4v) is 5.01.